The number of carbonyl (C=O) groups excluding carboxylic acids is 2. The van der Waals surface area contributed by atoms with Crippen LogP contribution in [0.2, 0.25) is 0 Å². The SMILES string of the molecule is Cl.NC1CCCC(C(=O)Nc2ncn(CC(=O)N3CCCCCC3)n2)C1. The van der Waals surface area contributed by atoms with E-state index < -0.39 is 0 Å². The molecule has 0 spiro atoms. The number of nitrogens with zero attached hydrogens (tertiary/aromatic N) is 4. The Bertz CT molecular complexity index is 569. The highest BCUT2D eigenvalue weighted by atomic mass is 35.5. The first-order valence-electron chi connectivity index (χ1n) is 9.35. The first-order valence-corrected chi connectivity index (χ1v) is 9.35. The van der Waals surface area contributed by atoms with Crippen LogP contribution in [0.4, 0.5) is 5.95 Å². The maximum atomic E-state index is 12.4. The fraction of sp³-hybridized carbons (Fsp3) is 0.765. The van der Waals surface area contributed by atoms with Crippen LogP contribution < -0.4 is 11.1 Å². The Labute approximate surface area is 160 Å². The first kappa shape index (κ1) is 20.6. The van der Waals surface area contributed by atoms with Crippen molar-refractivity contribution < 1.29 is 9.59 Å². The Kier molecular flexibility index (Phi) is 7.84. The highest BCUT2D eigenvalue weighted by Gasteiger charge is 2.26. The van der Waals surface area contributed by atoms with E-state index in [1.165, 1.54) is 23.9 Å². The monoisotopic (exact) mass is 384 g/mol. The molecule has 1 aromatic rings. The van der Waals surface area contributed by atoms with E-state index >= 15 is 0 Å². The van der Waals surface area contributed by atoms with Gasteiger partial charge in [0.1, 0.15) is 12.9 Å². The normalized spacial score (nSPS) is 23.7. The van der Waals surface area contributed by atoms with Crippen LogP contribution in [0.15, 0.2) is 6.33 Å². The number of nitrogens with two attached hydrogens (primary N) is 1. The van der Waals surface area contributed by atoms with Crippen LogP contribution in [0.3, 0.4) is 0 Å². The molecule has 2 fully saturated rings. The van der Waals surface area contributed by atoms with Gasteiger partial charge < -0.3 is 10.6 Å². The van der Waals surface area contributed by atoms with E-state index in [2.05, 4.69) is 15.4 Å². The molecular formula is C17H29ClN6O2. The number of hydrogen-bond donors (Lipinski definition) is 2. The van der Waals surface area contributed by atoms with E-state index in [1.54, 1.807) is 0 Å². The summed E-state index contributed by atoms with van der Waals surface area (Å²) in [5.41, 5.74) is 5.94. The highest BCUT2D eigenvalue weighted by molar-refractivity contribution is 5.91. The topological polar surface area (TPSA) is 106 Å². The summed E-state index contributed by atoms with van der Waals surface area (Å²) in [6.07, 6.45) is 9.52. The number of hydrogen-bond acceptors (Lipinski definition) is 5. The summed E-state index contributed by atoms with van der Waals surface area (Å²) in [6, 6.07) is 0.0984. The number of likely N-dealkylation sites (tertiary alicyclic amines) is 1. The fourth-order valence-corrected chi connectivity index (χ4v) is 3.66. The number of aromatic nitrogens is 3. The van der Waals surface area contributed by atoms with Gasteiger partial charge in [-0.3, -0.25) is 14.9 Å². The van der Waals surface area contributed by atoms with Crippen molar-refractivity contribution in [2.75, 3.05) is 18.4 Å². The van der Waals surface area contributed by atoms with Gasteiger partial charge in [-0.05, 0) is 32.1 Å². The number of anilines is 1. The second-order valence-electron chi connectivity index (χ2n) is 7.17. The van der Waals surface area contributed by atoms with Crippen molar-refractivity contribution in [3.63, 3.8) is 0 Å². The van der Waals surface area contributed by atoms with Crippen LogP contribution in [-0.4, -0.2) is 50.6 Å². The lowest BCUT2D eigenvalue weighted by Crippen LogP contribution is -2.35. The Morgan fingerprint density at radius 2 is 1.88 bits per heavy atom. The van der Waals surface area contributed by atoms with Crippen molar-refractivity contribution in [2.24, 2.45) is 11.7 Å². The molecule has 26 heavy (non-hydrogen) atoms. The Morgan fingerprint density at radius 3 is 2.58 bits per heavy atom. The van der Waals surface area contributed by atoms with Gasteiger partial charge in [-0.25, -0.2) is 9.67 Å². The molecule has 2 amide bonds. The number of amides is 2. The summed E-state index contributed by atoms with van der Waals surface area (Å²) in [6.45, 7) is 1.80. The minimum Gasteiger partial charge on any atom is -0.341 e. The van der Waals surface area contributed by atoms with E-state index in [4.69, 9.17) is 5.73 Å². The molecule has 0 bridgehead atoms. The Morgan fingerprint density at radius 1 is 1.15 bits per heavy atom. The smallest absolute Gasteiger partial charge is 0.248 e. The third-order valence-corrected chi connectivity index (χ3v) is 5.11. The minimum absolute atomic E-state index is 0. The lowest BCUT2D eigenvalue weighted by Gasteiger charge is -2.25. The number of halogens is 1. The molecule has 1 saturated carbocycles. The predicted molar refractivity (Wildman–Crippen MR) is 101 cm³/mol. The number of rotatable bonds is 4. The third-order valence-electron chi connectivity index (χ3n) is 5.11. The van der Waals surface area contributed by atoms with Crippen LogP contribution in [0, 0.1) is 5.92 Å². The van der Waals surface area contributed by atoms with Crippen LogP contribution in [0.5, 0.6) is 0 Å². The fourth-order valence-electron chi connectivity index (χ4n) is 3.66. The summed E-state index contributed by atoms with van der Waals surface area (Å²) >= 11 is 0. The molecule has 2 unspecified atom stereocenters. The van der Waals surface area contributed by atoms with Gasteiger partial charge in [-0.1, -0.05) is 19.3 Å². The zero-order chi connectivity index (χ0) is 17.6. The van der Waals surface area contributed by atoms with Gasteiger partial charge in [-0.2, -0.15) is 0 Å². The Hall–Kier alpha value is -1.67. The molecule has 0 radical (unpaired) electrons. The first-order chi connectivity index (χ1) is 12.1. The molecule has 2 heterocycles. The van der Waals surface area contributed by atoms with Gasteiger partial charge in [0, 0.05) is 25.0 Å². The average molecular weight is 385 g/mol. The zero-order valence-corrected chi connectivity index (χ0v) is 15.9. The third kappa shape index (κ3) is 5.67. The van der Waals surface area contributed by atoms with Gasteiger partial charge >= 0.3 is 0 Å². The molecule has 2 atom stereocenters. The molecule has 3 N–H and O–H groups in total. The van der Waals surface area contributed by atoms with E-state index in [0.717, 1.165) is 45.2 Å². The van der Waals surface area contributed by atoms with Crippen molar-refractivity contribution in [1.82, 2.24) is 19.7 Å². The second kappa shape index (κ2) is 9.87. The molecule has 1 aromatic heterocycles. The van der Waals surface area contributed by atoms with Crippen LogP contribution in [0.1, 0.15) is 51.4 Å². The molecule has 1 saturated heterocycles. The lowest BCUT2D eigenvalue weighted by atomic mass is 9.85. The molecule has 146 valence electrons. The van der Waals surface area contributed by atoms with E-state index in [9.17, 15) is 9.59 Å². The summed E-state index contributed by atoms with van der Waals surface area (Å²) in [7, 11) is 0. The lowest BCUT2D eigenvalue weighted by molar-refractivity contribution is -0.132. The quantitative estimate of drug-likeness (QED) is 0.819. The standard InChI is InChI=1S/C17H28N6O2.ClH/c18-14-7-5-6-13(10-14)16(25)20-17-19-12-23(21-17)11-15(24)22-8-3-1-2-4-9-22;/h12-14H,1-11,18H2,(H,20,21,25);1H. The van der Waals surface area contributed by atoms with Crippen molar-refractivity contribution in [2.45, 2.75) is 64.0 Å². The van der Waals surface area contributed by atoms with Crippen molar-refractivity contribution in [3.05, 3.63) is 6.33 Å². The maximum Gasteiger partial charge on any atom is 0.248 e. The van der Waals surface area contributed by atoms with Gasteiger partial charge in [0.25, 0.3) is 0 Å². The van der Waals surface area contributed by atoms with Crippen molar-refractivity contribution >= 4 is 30.2 Å². The van der Waals surface area contributed by atoms with Gasteiger partial charge in [-0.15, -0.1) is 17.5 Å². The average Bonchev–Trinajstić information content (AvgIpc) is 2.85. The van der Waals surface area contributed by atoms with Gasteiger partial charge in [0.05, 0.1) is 0 Å². The van der Waals surface area contributed by atoms with Crippen molar-refractivity contribution in [3.8, 4) is 0 Å². The van der Waals surface area contributed by atoms with Crippen molar-refractivity contribution in [1.29, 1.82) is 0 Å². The van der Waals surface area contributed by atoms with E-state index in [1.807, 2.05) is 4.90 Å². The maximum absolute atomic E-state index is 12.4. The van der Waals surface area contributed by atoms with Crippen LogP contribution >= 0.6 is 12.4 Å². The second-order valence-corrected chi connectivity index (χ2v) is 7.17. The number of carbonyl (C=O) groups is 2. The largest absolute Gasteiger partial charge is 0.341 e. The van der Waals surface area contributed by atoms with Gasteiger partial charge in [0.15, 0.2) is 0 Å². The van der Waals surface area contributed by atoms with Crippen LogP contribution in [0.25, 0.3) is 0 Å². The molecule has 1 aliphatic heterocycles. The molecule has 0 aromatic carbocycles. The highest BCUT2D eigenvalue weighted by Crippen LogP contribution is 2.24. The van der Waals surface area contributed by atoms with E-state index in [-0.39, 0.29) is 48.7 Å². The molecule has 9 heteroatoms. The molecular weight excluding hydrogens is 356 g/mol. The van der Waals surface area contributed by atoms with Crippen LogP contribution in [-0.2, 0) is 16.1 Å². The molecule has 3 rings (SSSR count). The number of nitrogens with one attached hydrogen (secondary N) is 1. The minimum atomic E-state index is -0.0771. The molecule has 8 nitrogen and oxygen atoms in total. The molecule has 2 aliphatic rings. The predicted octanol–water partition coefficient (Wildman–Crippen LogP) is 1.56. The summed E-state index contributed by atoms with van der Waals surface area (Å²) in [5.74, 6) is 0.164. The summed E-state index contributed by atoms with van der Waals surface area (Å²) in [5, 5.41) is 6.97. The summed E-state index contributed by atoms with van der Waals surface area (Å²) < 4.78 is 1.50. The zero-order valence-electron chi connectivity index (χ0n) is 15.1. The summed E-state index contributed by atoms with van der Waals surface area (Å²) in [4.78, 5) is 30.7. The van der Waals surface area contributed by atoms with E-state index in [0.29, 0.717) is 6.42 Å². The molecule has 1 aliphatic carbocycles. The van der Waals surface area contributed by atoms with Gasteiger partial charge in [0.2, 0.25) is 17.8 Å². The Balaban J connectivity index is 0.00000243.